The van der Waals surface area contributed by atoms with Crippen LogP contribution in [0.25, 0.3) is 10.9 Å². The Bertz CT molecular complexity index is 973. The first-order chi connectivity index (χ1) is 13.2. The molecular weight excluding hydrogens is 347 g/mol. The highest BCUT2D eigenvalue weighted by Gasteiger charge is 2.23. The molecule has 1 atom stereocenters. The van der Waals surface area contributed by atoms with E-state index in [0.29, 0.717) is 30.0 Å². The van der Waals surface area contributed by atoms with E-state index in [1.807, 2.05) is 24.3 Å². The first kappa shape index (κ1) is 17.4. The van der Waals surface area contributed by atoms with E-state index in [9.17, 15) is 9.18 Å². The predicted molar refractivity (Wildman–Crippen MR) is 101 cm³/mol. The summed E-state index contributed by atoms with van der Waals surface area (Å²) in [5.41, 5.74) is 1.96. The number of nitrogens with zero attached hydrogens (tertiary/aromatic N) is 2. The Morgan fingerprint density at radius 1 is 1.22 bits per heavy atom. The van der Waals surface area contributed by atoms with Gasteiger partial charge in [-0.25, -0.2) is 14.4 Å². The summed E-state index contributed by atoms with van der Waals surface area (Å²) < 4.78 is 19.3. The van der Waals surface area contributed by atoms with Crippen LogP contribution in [0.15, 0.2) is 48.8 Å². The summed E-state index contributed by atoms with van der Waals surface area (Å²) in [6.07, 6.45) is 2.64. The van der Waals surface area contributed by atoms with E-state index >= 15 is 0 Å². The van der Waals surface area contributed by atoms with Gasteiger partial charge in [0.1, 0.15) is 29.6 Å². The number of amides is 1. The van der Waals surface area contributed by atoms with Crippen LogP contribution in [-0.4, -0.2) is 28.6 Å². The average molecular weight is 366 g/mol. The summed E-state index contributed by atoms with van der Waals surface area (Å²) in [6.45, 7) is 1.11. The molecule has 6 nitrogen and oxygen atoms in total. The molecule has 3 aromatic rings. The first-order valence-electron chi connectivity index (χ1n) is 8.85. The molecule has 138 valence electrons. The zero-order valence-corrected chi connectivity index (χ0v) is 14.6. The number of halogens is 1. The van der Waals surface area contributed by atoms with Gasteiger partial charge in [0.05, 0.1) is 0 Å². The van der Waals surface area contributed by atoms with Gasteiger partial charge in [-0.05, 0) is 42.7 Å². The van der Waals surface area contributed by atoms with Crippen LogP contribution in [0.5, 0.6) is 0 Å². The number of hydrogen-bond acceptors (Lipinski definition) is 5. The fourth-order valence-electron chi connectivity index (χ4n) is 3.14. The number of hydrogen-bond donors (Lipinski definition) is 2. The Hall–Kier alpha value is -3.06. The second-order valence-electron chi connectivity index (χ2n) is 6.40. The SMILES string of the molecule is O=C(Nc1cccc(CNc2ncnc3c(F)cccc23)c1)C1CCCO1. The lowest BCUT2D eigenvalue weighted by atomic mass is 10.1. The van der Waals surface area contributed by atoms with Crippen molar-refractivity contribution in [1.29, 1.82) is 0 Å². The van der Waals surface area contributed by atoms with Gasteiger partial charge >= 0.3 is 0 Å². The third kappa shape index (κ3) is 3.88. The quantitative estimate of drug-likeness (QED) is 0.723. The molecule has 0 bridgehead atoms. The molecule has 1 aromatic heterocycles. The molecule has 0 radical (unpaired) electrons. The third-order valence-corrected chi connectivity index (χ3v) is 4.49. The maximum atomic E-state index is 13.9. The van der Waals surface area contributed by atoms with Gasteiger partial charge in [-0.15, -0.1) is 0 Å². The van der Waals surface area contributed by atoms with E-state index in [0.717, 1.165) is 18.4 Å². The summed E-state index contributed by atoms with van der Waals surface area (Å²) >= 11 is 0. The van der Waals surface area contributed by atoms with Gasteiger partial charge in [-0.2, -0.15) is 0 Å². The molecule has 27 heavy (non-hydrogen) atoms. The van der Waals surface area contributed by atoms with Crippen molar-refractivity contribution in [2.45, 2.75) is 25.5 Å². The molecule has 0 saturated carbocycles. The van der Waals surface area contributed by atoms with Crippen molar-refractivity contribution in [2.24, 2.45) is 0 Å². The second kappa shape index (κ2) is 7.67. The lowest BCUT2D eigenvalue weighted by Crippen LogP contribution is -2.26. The fourth-order valence-corrected chi connectivity index (χ4v) is 3.14. The summed E-state index contributed by atoms with van der Waals surface area (Å²) in [7, 11) is 0. The number of carbonyl (C=O) groups excluding carboxylic acids is 1. The molecule has 0 aliphatic carbocycles. The van der Waals surface area contributed by atoms with Crippen LogP contribution in [-0.2, 0) is 16.1 Å². The molecule has 4 rings (SSSR count). The van der Waals surface area contributed by atoms with Crippen LogP contribution in [0.3, 0.4) is 0 Å². The number of carbonyl (C=O) groups is 1. The van der Waals surface area contributed by atoms with Crippen LogP contribution in [0.4, 0.5) is 15.9 Å². The number of para-hydroxylation sites is 1. The van der Waals surface area contributed by atoms with Gasteiger partial charge < -0.3 is 15.4 Å². The van der Waals surface area contributed by atoms with Gasteiger partial charge in [0, 0.05) is 24.2 Å². The van der Waals surface area contributed by atoms with E-state index in [2.05, 4.69) is 20.6 Å². The highest BCUT2D eigenvalue weighted by atomic mass is 19.1. The van der Waals surface area contributed by atoms with Crippen molar-refractivity contribution in [3.8, 4) is 0 Å². The van der Waals surface area contributed by atoms with Crippen LogP contribution in [0, 0.1) is 5.82 Å². The zero-order valence-electron chi connectivity index (χ0n) is 14.6. The van der Waals surface area contributed by atoms with Crippen LogP contribution in [0.2, 0.25) is 0 Å². The van der Waals surface area contributed by atoms with Crippen molar-refractivity contribution in [2.75, 3.05) is 17.2 Å². The molecule has 1 aliphatic heterocycles. The van der Waals surface area contributed by atoms with Crippen molar-refractivity contribution in [3.63, 3.8) is 0 Å². The Morgan fingerprint density at radius 3 is 2.96 bits per heavy atom. The Morgan fingerprint density at radius 2 is 2.11 bits per heavy atom. The van der Waals surface area contributed by atoms with Gasteiger partial charge in [-0.3, -0.25) is 4.79 Å². The number of anilines is 2. The maximum Gasteiger partial charge on any atom is 0.253 e. The van der Waals surface area contributed by atoms with E-state index < -0.39 is 0 Å². The molecule has 7 heteroatoms. The Balaban J connectivity index is 1.46. The number of ether oxygens (including phenoxy) is 1. The van der Waals surface area contributed by atoms with E-state index in [4.69, 9.17) is 4.74 Å². The summed E-state index contributed by atoms with van der Waals surface area (Å²) in [5, 5.41) is 6.73. The highest BCUT2D eigenvalue weighted by Crippen LogP contribution is 2.22. The van der Waals surface area contributed by atoms with Gasteiger partial charge in [0.25, 0.3) is 5.91 Å². The number of nitrogens with one attached hydrogen (secondary N) is 2. The smallest absolute Gasteiger partial charge is 0.253 e. The standard InChI is InChI=1S/C20H19FN4O2/c21-16-7-2-6-15-18(16)23-12-24-19(15)22-11-13-4-1-5-14(10-13)25-20(26)17-8-3-9-27-17/h1-2,4-7,10,12,17H,3,8-9,11H2,(H,25,26)(H,22,23,24). The van der Waals surface area contributed by atoms with Crippen LogP contribution >= 0.6 is 0 Å². The maximum absolute atomic E-state index is 13.9. The summed E-state index contributed by atoms with van der Waals surface area (Å²) in [5.74, 6) is 0.0694. The van der Waals surface area contributed by atoms with Crippen molar-refractivity contribution in [3.05, 3.63) is 60.2 Å². The van der Waals surface area contributed by atoms with E-state index in [-0.39, 0.29) is 23.3 Å². The Labute approximate surface area is 155 Å². The lowest BCUT2D eigenvalue weighted by molar-refractivity contribution is -0.124. The topological polar surface area (TPSA) is 76.1 Å². The van der Waals surface area contributed by atoms with Crippen molar-refractivity contribution in [1.82, 2.24) is 9.97 Å². The molecular formula is C20H19FN4O2. The fraction of sp³-hybridized carbons (Fsp3) is 0.250. The molecule has 1 aliphatic rings. The van der Waals surface area contributed by atoms with E-state index in [1.165, 1.54) is 12.4 Å². The number of benzene rings is 2. The molecule has 2 aromatic carbocycles. The van der Waals surface area contributed by atoms with Crippen LogP contribution in [0.1, 0.15) is 18.4 Å². The predicted octanol–water partition coefficient (Wildman–Crippen LogP) is 3.50. The van der Waals surface area contributed by atoms with E-state index in [1.54, 1.807) is 12.1 Å². The molecule has 1 fully saturated rings. The minimum Gasteiger partial charge on any atom is -0.368 e. The monoisotopic (exact) mass is 366 g/mol. The number of aromatic nitrogens is 2. The average Bonchev–Trinajstić information content (AvgIpc) is 3.22. The first-order valence-corrected chi connectivity index (χ1v) is 8.85. The lowest BCUT2D eigenvalue weighted by Gasteiger charge is -2.12. The molecule has 2 N–H and O–H groups in total. The molecule has 1 saturated heterocycles. The highest BCUT2D eigenvalue weighted by molar-refractivity contribution is 5.94. The minimum absolute atomic E-state index is 0.116. The minimum atomic E-state index is -0.378. The normalized spacial score (nSPS) is 16.4. The third-order valence-electron chi connectivity index (χ3n) is 4.49. The summed E-state index contributed by atoms with van der Waals surface area (Å²) in [4.78, 5) is 20.4. The largest absolute Gasteiger partial charge is 0.368 e. The van der Waals surface area contributed by atoms with Gasteiger partial charge in [-0.1, -0.05) is 18.2 Å². The second-order valence-corrected chi connectivity index (χ2v) is 6.40. The van der Waals surface area contributed by atoms with Gasteiger partial charge in [0.15, 0.2) is 0 Å². The molecule has 2 heterocycles. The zero-order chi connectivity index (χ0) is 18.6. The van der Waals surface area contributed by atoms with Crippen LogP contribution < -0.4 is 10.6 Å². The molecule has 1 unspecified atom stereocenters. The number of rotatable bonds is 5. The summed E-state index contributed by atoms with van der Waals surface area (Å²) in [6, 6.07) is 12.3. The van der Waals surface area contributed by atoms with Crippen molar-refractivity contribution >= 4 is 28.3 Å². The number of fused-ring (bicyclic) bond motifs is 1. The van der Waals surface area contributed by atoms with Gasteiger partial charge in [0.2, 0.25) is 0 Å². The Kier molecular flexibility index (Phi) is 4.93. The molecule has 1 amide bonds. The van der Waals surface area contributed by atoms with Crippen molar-refractivity contribution < 1.29 is 13.9 Å². The molecule has 0 spiro atoms.